The maximum absolute atomic E-state index is 12.9. The second-order valence-corrected chi connectivity index (χ2v) is 12.1. The van der Waals surface area contributed by atoms with Crippen molar-refractivity contribution in [2.45, 2.75) is 108 Å². The van der Waals surface area contributed by atoms with E-state index in [4.69, 9.17) is 33.2 Å². The lowest BCUT2D eigenvalue weighted by Gasteiger charge is -2.41. The minimum absolute atomic E-state index is 0.0921. The molecule has 13 heteroatoms. The summed E-state index contributed by atoms with van der Waals surface area (Å²) in [4.78, 5) is 12.9. The molecule has 0 aromatic heterocycles. The molecule has 252 valence electrons. The summed E-state index contributed by atoms with van der Waals surface area (Å²) in [5.74, 6) is -2.76. The Kier molecular flexibility index (Phi) is 13.4. The van der Waals surface area contributed by atoms with Crippen LogP contribution in [0.4, 0.5) is 0 Å². The van der Waals surface area contributed by atoms with Gasteiger partial charge in [0, 0.05) is 37.1 Å². The average Bonchev–Trinajstić information content (AvgIpc) is 3.71. The molecule has 4 rings (SSSR count). The topological polar surface area (TPSA) is 175 Å². The van der Waals surface area contributed by atoms with Gasteiger partial charge in [-0.2, -0.15) is 0 Å². The molecular formula is C31H51NO12. The van der Waals surface area contributed by atoms with Crippen LogP contribution in [-0.4, -0.2) is 115 Å². The Hall–Kier alpha value is -1.65. The standard InChI is InChI=1S/C31H51NO12/c1-4-24-21(18-33)15-22(34)8-9-31(40-12-13-41-31)19(2)14-20(16-28-38-10-11-39-28)25(6-5-7-26(35)42-24)43-30-29(37)23(32-3)17-27(36)44-30/h8-9,15,19-21,23-25,27-30,32-34,36-37H,4-7,10-14,16-18H2,1-3H3/b9-8+,22-15-/t19-,20-,21-,23?,24-,25-,27+,29?,30-/m1/s1. The highest BCUT2D eigenvalue weighted by molar-refractivity contribution is 5.69. The van der Waals surface area contributed by atoms with Gasteiger partial charge in [0.25, 0.3) is 0 Å². The van der Waals surface area contributed by atoms with Gasteiger partial charge >= 0.3 is 5.97 Å². The molecule has 5 N–H and O–H groups in total. The highest BCUT2D eigenvalue weighted by Gasteiger charge is 2.44. The van der Waals surface area contributed by atoms with Gasteiger partial charge in [0.15, 0.2) is 24.7 Å². The Morgan fingerprint density at radius 3 is 2.50 bits per heavy atom. The fourth-order valence-electron chi connectivity index (χ4n) is 6.53. The second-order valence-electron chi connectivity index (χ2n) is 12.1. The number of carbonyl (C=O) groups is 1. The van der Waals surface area contributed by atoms with Gasteiger partial charge in [0.05, 0.1) is 39.1 Å². The summed E-state index contributed by atoms with van der Waals surface area (Å²) >= 11 is 0. The molecule has 3 fully saturated rings. The lowest BCUT2D eigenvalue weighted by Crippen LogP contribution is -2.55. The number of hydrogen-bond acceptors (Lipinski definition) is 13. The molecule has 0 aromatic rings. The fraction of sp³-hybridized carbons (Fsp3) is 0.839. The number of aliphatic hydroxyl groups is 4. The summed E-state index contributed by atoms with van der Waals surface area (Å²) in [6.07, 6.45) is 2.25. The van der Waals surface area contributed by atoms with Crippen molar-refractivity contribution in [1.29, 1.82) is 0 Å². The zero-order chi connectivity index (χ0) is 31.7. The Balaban J connectivity index is 1.67. The molecule has 13 nitrogen and oxygen atoms in total. The largest absolute Gasteiger partial charge is 0.508 e. The maximum atomic E-state index is 12.9. The number of rotatable bonds is 7. The van der Waals surface area contributed by atoms with Crippen molar-refractivity contribution in [3.05, 3.63) is 24.0 Å². The van der Waals surface area contributed by atoms with Crippen LogP contribution in [0.3, 0.4) is 0 Å². The minimum Gasteiger partial charge on any atom is -0.508 e. The maximum Gasteiger partial charge on any atom is 0.306 e. The van der Waals surface area contributed by atoms with Crippen LogP contribution in [0.25, 0.3) is 0 Å². The number of nitrogens with one attached hydrogen (secondary N) is 1. The lowest BCUT2D eigenvalue weighted by atomic mass is 9.82. The summed E-state index contributed by atoms with van der Waals surface area (Å²) < 4.78 is 41.8. The Morgan fingerprint density at radius 2 is 1.84 bits per heavy atom. The van der Waals surface area contributed by atoms with Gasteiger partial charge in [-0.05, 0) is 56.9 Å². The molecule has 0 radical (unpaired) electrons. The molecule has 1 spiro atoms. The molecule has 44 heavy (non-hydrogen) atoms. The molecular weight excluding hydrogens is 578 g/mol. The minimum atomic E-state index is -1.14. The molecule has 4 aliphatic rings. The van der Waals surface area contributed by atoms with E-state index < -0.39 is 60.9 Å². The quantitative estimate of drug-likeness (QED) is 0.257. The van der Waals surface area contributed by atoms with Crippen LogP contribution in [0.15, 0.2) is 24.0 Å². The molecule has 9 atom stereocenters. The summed E-state index contributed by atoms with van der Waals surface area (Å²) in [6, 6.07) is -0.441. The average molecular weight is 630 g/mol. The lowest BCUT2D eigenvalue weighted by molar-refractivity contribution is -0.310. The normalized spacial score (nSPS) is 40.0. The highest BCUT2D eigenvalue weighted by atomic mass is 16.7. The number of ether oxygens (including phenoxy) is 7. The van der Waals surface area contributed by atoms with Gasteiger partial charge < -0.3 is 58.9 Å². The van der Waals surface area contributed by atoms with Crippen molar-refractivity contribution >= 4 is 5.97 Å². The van der Waals surface area contributed by atoms with E-state index in [0.717, 1.165) is 0 Å². The zero-order valence-electron chi connectivity index (χ0n) is 26.0. The van der Waals surface area contributed by atoms with E-state index in [0.29, 0.717) is 58.5 Å². The van der Waals surface area contributed by atoms with Crippen LogP contribution in [0.5, 0.6) is 0 Å². The summed E-state index contributed by atoms with van der Waals surface area (Å²) in [5, 5.41) is 45.2. The van der Waals surface area contributed by atoms with Crippen molar-refractivity contribution in [3.63, 3.8) is 0 Å². The molecule has 4 heterocycles. The summed E-state index contributed by atoms with van der Waals surface area (Å²) in [5.41, 5.74) is 0. The SMILES string of the molecule is CC[C@H]1OC(=O)CCC[C@@H](O[C@@H]2O[C@H](O)CC(NC)C2O)[C@@H](CC2OCCO2)C[C@@H](C)C2(/C=C/C(O)=C/[C@@H]1CO)OCCO2. The number of cyclic esters (lactones) is 1. The van der Waals surface area contributed by atoms with Crippen LogP contribution in [0.2, 0.25) is 0 Å². The van der Waals surface area contributed by atoms with E-state index in [-0.39, 0.29) is 37.0 Å². The van der Waals surface area contributed by atoms with Gasteiger partial charge in [-0.1, -0.05) is 13.8 Å². The number of likely N-dealkylation sites (N-methyl/N-ethyl adjacent to an activating group) is 1. The first kappa shape index (κ1) is 35.2. The molecule has 0 bridgehead atoms. The first-order chi connectivity index (χ1) is 21.2. The van der Waals surface area contributed by atoms with E-state index in [1.54, 1.807) is 13.1 Å². The van der Waals surface area contributed by atoms with Gasteiger partial charge in [0.2, 0.25) is 0 Å². The van der Waals surface area contributed by atoms with Crippen LogP contribution < -0.4 is 5.32 Å². The fourth-order valence-corrected chi connectivity index (χ4v) is 6.53. The number of hydrogen-bond donors (Lipinski definition) is 5. The van der Waals surface area contributed by atoms with Crippen LogP contribution in [0.1, 0.15) is 58.8 Å². The van der Waals surface area contributed by atoms with E-state index in [1.807, 2.05) is 13.8 Å². The van der Waals surface area contributed by atoms with Gasteiger partial charge in [0.1, 0.15) is 18.0 Å². The molecule has 0 aromatic carbocycles. The Bertz CT molecular complexity index is 950. The molecule has 0 aliphatic carbocycles. The van der Waals surface area contributed by atoms with E-state index in [1.165, 1.54) is 12.2 Å². The van der Waals surface area contributed by atoms with Gasteiger partial charge in [-0.3, -0.25) is 4.79 Å². The molecule has 3 saturated heterocycles. The van der Waals surface area contributed by atoms with E-state index >= 15 is 0 Å². The Morgan fingerprint density at radius 1 is 1.11 bits per heavy atom. The first-order valence-corrected chi connectivity index (χ1v) is 15.9. The van der Waals surface area contributed by atoms with Crippen LogP contribution in [0, 0.1) is 17.8 Å². The Labute approximate surface area is 259 Å². The number of allylic oxidation sites excluding steroid dienone is 1. The van der Waals surface area contributed by atoms with Crippen molar-refractivity contribution in [2.75, 3.05) is 40.1 Å². The predicted octanol–water partition coefficient (Wildman–Crippen LogP) is 1.65. The van der Waals surface area contributed by atoms with E-state index in [9.17, 15) is 25.2 Å². The second kappa shape index (κ2) is 16.8. The van der Waals surface area contributed by atoms with Crippen molar-refractivity contribution in [3.8, 4) is 0 Å². The zero-order valence-corrected chi connectivity index (χ0v) is 26.0. The van der Waals surface area contributed by atoms with Gasteiger partial charge in [-0.25, -0.2) is 0 Å². The third-order valence-electron chi connectivity index (χ3n) is 9.03. The van der Waals surface area contributed by atoms with Crippen LogP contribution in [-0.2, 0) is 38.0 Å². The summed E-state index contributed by atoms with van der Waals surface area (Å²) in [7, 11) is 1.70. The first-order valence-electron chi connectivity index (χ1n) is 15.9. The third kappa shape index (κ3) is 9.21. The smallest absolute Gasteiger partial charge is 0.306 e. The number of carbonyl (C=O) groups excluding carboxylic acids is 1. The number of esters is 1. The number of aliphatic hydroxyl groups excluding tert-OH is 4. The predicted molar refractivity (Wildman–Crippen MR) is 156 cm³/mol. The van der Waals surface area contributed by atoms with E-state index in [2.05, 4.69) is 5.32 Å². The van der Waals surface area contributed by atoms with Crippen molar-refractivity contribution in [2.24, 2.45) is 17.8 Å². The van der Waals surface area contributed by atoms with Crippen LogP contribution >= 0.6 is 0 Å². The molecule has 2 unspecified atom stereocenters. The molecule has 0 amide bonds. The summed E-state index contributed by atoms with van der Waals surface area (Å²) in [6.45, 7) is 5.22. The molecule has 4 aliphatic heterocycles. The third-order valence-corrected chi connectivity index (χ3v) is 9.03. The molecule has 0 saturated carbocycles. The highest BCUT2D eigenvalue weighted by Crippen LogP contribution is 2.39. The van der Waals surface area contributed by atoms with Gasteiger partial charge in [-0.15, -0.1) is 0 Å². The van der Waals surface area contributed by atoms with Crippen molar-refractivity contribution < 1.29 is 58.4 Å². The monoisotopic (exact) mass is 629 g/mol. The van der Waals surface area contributed by atoms with Crippen molar-refractivity contribution in [1.82, 2.24) is 5.32 Å².